The number of aromatic amines is 1. The van der Waals surface area contributed by atoms with Crippen molar-refractivity contribution in [2.24, 2.45) is 4.99 Å². The summed E-state index contributed by atoms with van der Waals surface area (Å²) in [6.07, 6.45) is 6.86. The number of amides is 1. The van der Waals surface area contributed by atoms with Crippen LogP contribution in [0.5, 0.6) is 5.75 Å². The molecular formula is C31H37N7O4. The highest BCUT2D eigenvalue weighted by atomic mass is 16.5. The van der Waals surface area contributed by atoms with Gasteiger partial charge in [-0.1, -0.05) is 6.07 Å². The Morgan fingerprint density at radius 1 is 1.24 bits per heavy atom. The molecule has 42 heavy (non-hydrogen) atoms. The minimum absolute atomic E-state index is 0.134. The Morgan fingerprint density at radius 3 is 2.67 bits per heavy atom. The number of piperidine rings is 1. The lowest BCUT2D eigenvalue weighted by atomic mass is 9.89. The number of carbonyl (C=O) groups excluding carboxylic acids is 1. The highest BCUT2D eigenvalue weighted by molar-refractivity contribution is 5.94. The van der Waals surface area contributed by atoms with E-state index in [9.17, 15) is 14.7 Å². The van der Waals surface area contributed by atoms with E-state index in [-0.39, 0.29) is 18.1 Å². The average Bonchev–Trinajstić information content (AvgIpc) is 3.35. The minimum Gasteiger partial charge on any atom is -0.489 e. The van der Waals surface area contributed by atoms with Crippen molar-refractivity contribution in [1.29, 1.82) is 0 Å². The molecule has 220 valence electrons. The molecular weight excluding hydrogens is 534 g/mol. The predicted octanol–water partition coefficient (Wildman–Crippen LogP) is 3.53. The molecule has 5 heterocycles. The van der Waals surface area contributed by atoms with E-state index in [1.165, 1.54) is 6.07 Å². The number of rotatable bonds is 9. The second kappa shape index (κ2) is 11.4. The van der Waals surface area contributed by atoms with Crippen molar-refractivity contribution < 1.29 is 14.6 Å². The number of pyridine rings is 3. The molecule has 3 N–H and O–H groups in total. The molecule has 0 bridgehead atoms. The van der Waals surface area contributed by atoms with Gasteiger partial charge in [-0.2, -0.15) is 5.10 Å². The Kier molecular flexibility index (Phi) is 7.87. The Balaban J connectivity index is 1.33. The first-order valence-electron chi connectivity index (χ1n) is 14.0. The van der Waals surface area contributed by atoms with Gasteiger partial charge < -0.3 is 25.0 Å². The minimum atomic E-state index is -0.979. The van der Waals surface area contributed by atoms with Crippen molar-refractivity contribution in [1.82, 2.24) is 24.9 Å². The number of aromatic nitrogens is 4. The topological polar surface area (TPSA) is 137 Å². The Bertz CT molecular complexity index is 1660. The molecule has 0 aliphatic carbocycles. The van der Waals surface area contributed by atoms with Crippen LogP contribution in [0.4, 0.5) is 5.82 Å². The standard InChI is InChI=1S/C31H37N7O4/c1-20-6-9-26(39)35-27(20)29(40)36-31(4)10-12-37(13-11-31)25-8-7-21(16-33-25)24-14-23(42-19-30(2,3)41)18-38-28(24)22(15-32-5)17-34-38/h6-9,14,16-18,41H,5,10-13,15,19H2,1-4H3,(H,35,39)(H,36,40). The van der Waals surface area contributed by atoms with Crippen LogP contribution in [0.3, 0.4) is 0 Å². The van der Waals surface area contributed by atoms with E-state index in [4.69, 9.17) is 9.72 Å². The zero-order valence-corrected chi connectivity index (χ0v) is 24.5. The van der Waals surface area contributed by atoms with Gasteiger partial charge in [0.15, 0.2) is 0 Å². The Labute approximate surface area is 244 Å². The lowest BCUT2D eigenvalue weighted by Gasteiger charge is -2.40. The van der Waals surface area contributed by atoms with E-state index in [1.807, 2.05) is 31.3 Å². The molecule has 0 aromatic carbocycles. The van der Waals surface area contributed by atoms with Crippen LogP contribution in [0.1, 0.15) is 55.2 Å². The summed E-state index contributed by atoms with van der Waals surface area (Å²) in [7, 11) is 0. The van der Waals surface area contributed by atoms with E-state index in [0.717, 1.165) is 59.5 Å². The second-order valence-corrected chi connectivity index (χ2v) is 11.8. The van der Waals surface area contributed by atoms with Crippen LogP contribution in [0.15, 0.2) is 58.7 Å². The third kappa shape index (κ3) is 6.36. The number of fused-ring (bicyclic) bond motifs is 1. The first-order valence-corrected chi connectivity index (χ1v) is 14.0. The number of aryl methyl sites for hydroxylation is 1. The van der Waals surface area contributed by atoms with Crippen LogP contribution in [0, 0.1) is 6.92 Å². The van der Waals surface area contributed by atoms with Gasteiger partial charge in [-0.15, -0.1) is 0 Å². The lowest BCUT2D eigenvalue weighted by Crippen LogP contribution is -2.54. The van der Waals surface area contributed by atoms with Gasteiger partial charge in [0.2, 0.25) is 5.56 Å². The van der Waals surface area contributed by atoms with Gasteiger partial charge in [0.1, 0.15) is 23.9 Å². The van der Waals surface area contributed by atoms with E-state index >= 15 is 0 Å². The van der Waals surface area contributed by atoms with Crippen molar-refractivity contribution in [3.8, 4) is 16.9 Å². The van der Waals surface area contributed by atoms with Crippen molar-refractivity contribution >= 4 is 24.0 Å². The first kappa shape index (κ1) is 29.0. The quantitative estimate of drug-likeness (QED) is 0.261. The van der Waals surface area contributed by atoms with Gasteiger partial charge in [-0.05, 0) is 71.0 Å². The summed E-state index contributed by atoms with van der Waals surface area (Å²) >= 11 is 0. The van der Waals surface area contributed by atoms with Crippen LogP contribution < -0.4 is 20.5 Å². The summed E-state index contributed by atoms with van der Waals surface area (Å²) < 4.78 is 7.65. The fraction of sp³-hybridized carbons (Fsp3) is 0.387. The fourth-order valence-electron chi connectivity index (χ4n) is 5.16. The maximum Gasteiger partial charge on any atom is 0.268 e. The van der Waals surface area contributed by atoms with Crippen LogP contribution in [-0.4, -0.2) is 68.1 Å². The molecule has 0 spiro atoms. The van der Waals surface area contributed by atoms with Gasteiger partial charge in [0.05, 0.1) is 30.1 Å². The molecule has 0 radical (unpaired) electrons. The number of nitrogens with zero attached hydrogens (tertiary/aromatic N) is 5. The summed E-state index contributed by atoms with van der Waals surface area (Å²) in [6, 6.07) is 9.03. The third-order valence-corrected chi connectivity index (χ3v) is 7.56. The summed E-state index contributed by atoms with van der Waals surface area (Å²) in [6.45, 7) is 12.9. The van der Waals surface area contributed by atoms with E-state index in [2.05, 4.69) is 32.0 Å². The van der Waals surface area contributed by atoms with Crippen LogP contribution in [-0.2, 0) is 6.54 Å². The number of hydrogen-bond donors (Lipinski definition) is 3. The highest BCUT2D eigenvalue weighted by Crippen LogP contribution is 2.33. The Morgan fingerprint density at radius 2 is 2.00 bits per heavy atom. The zero-order chi connectivity index (χ0) is 30.1. The first-order chi connectivity index (χ1) is 19.9. The van der Waals surface area contributed by atoms with Crippen molar-refractivity contribution in [3.63, 3.8) is 0 Å². The van der Waals surface area contributed by atoms with E-state index < -0.39 is 11.1 Å². The van der Waals surface area contributed by atoms with Gasteiger partial charge in [0, 0.05) is 47.6 Å². The fourth-order valence-corrected chi connectivity index (χ4v) is 5.16. The van der Waals surface area contributed by atoms with Crippen LogP contribution in [0.2, 0.25) is 0 Å². The van der Waals surface area contributed by atoms with Crippen molar-refractivity contribution in [2.45, 2.75) is 58.2 Å². The van der Waals surface area contributed by atoms with Gasteiger partial charge in [-0.25, -0.2) is 9.50 Å². The second-order valence-electron chi connectivity index (χ2n) is 11.8. The average molecular weight is 572 g/mol. The SMILES string of the molecule is C=NCc1cnn2cc(OCC(C)(C)O)cc(-c3ccc(N4CCC(C)(NC(=O)c5[nH]c(=O)ccc5C)CC4)nc3)c12. The molecule has 4 aromatic rings. The molecule has 0 saturated carbocycles. The number of nitrogens with one attached hydrogen (secondary N) is 2. The summed E-state index contributed by atoms with van der Waals surface area (Å²) in [5.74, 6) is 1.16. The molecule has 5 rings (SSSR count). The van der Waals surface area contributed by atoms with Crippen LogP contribution >= 0.6 is 0 Å². The maximum atomic E-state index is 12.9. The van der Waals surface area contributed by atoms with Crippen molar-refractivity contribution in [3.05, 3.63) is 76.1 Å². The molecule has 4 aromatic heterocycles. The van der Waals surface area contributed by atoms with Gasteiger partial charge in [0.25, 0.3) is 5.91 Å². The smallest absolute Gasteiger partial charge is 0.268 e. The maximum absolute atomic E-state index is 12.9. The molecule has 1 saturated heterocycles. The lowest BCUT2D eigenvalue weighted by molar-refractivity contribution is 0.0283. The number of anilines is 1. The number of H-pyrrole nitrogens is 1. The summed E-state index contributed by atoms with van der Waals surface area (Å²) in [4.78, 5) is 38.4. The van der Waals surface area contributed by atoms with Crippen LogP contribution in [0.25, 0.3) is 16.6 Å². The van der Waals surface area contributed by atoms with E-state index in [1.54, 1.807) is 43.7 Å². The third-order valence-electron chi connectivity index (χ3n) is 7.56. The molecule has 1 fully saturated rings. The predicted molar refractivity (Wildman–Crippen MR) is 163 cm³/mol. The summed E-state index contributed by atoms with van der Waals surface area (Å²) in [5, 5.41) is 17.8. The Hall–Kier alpha value is -4.51. The molecule has 11 nitrogen and oxygen atoms in total. The molecule has 0 unspecified atom stereocenters. The van der Waals surface area contributed by atoms with Gasteiger partial charge in [-0.3, -0.25) is 14.6 Å². The number of aliphatic imine (C=N–C) groups is 1. The summed E-state index contributed by atoms with van der Waals surface area (Å²) in [5.41, 5.74) is 2.97. The molecule has 1 aliphatic rings. The monoisotopic (exact) mass is 571 g/mol. The van der Waals surface area contributed by atoms with Gasteiger partial charge >= 0.3 is 0 Å². The van der Waals surface area contributed by atoms with Crippen molar-refractivity contribution in [2.75, 3.05) is 24.6 Å². The zero-order valence-electron chi connectivity index (χ0n) is 24.5. The van der Waals surface area contributed by atoms with E-state index in [0.29, 0.717) is 18.0 Å². The highest BCUT2D eigenvalue weighted by Gasteiger charge is 2.33. The number of ether oxygens (including phenoxy) is 1. The number of aliphatic hydroxyl groups is 1. The number of carbonyl (C=O) groups is 1. The normalized spacial score (nSPS) is 15.0. The number of hydrogen-bond acceptors (Lipinski definition) is 8. The largest absolute Gasteiger partial charge is 0.489 e. The molecule has 0 atom stereocenters. The molecule has 11 heteroatoms. The molecule has 1 amide bonds. The molecule has 1 aliphatic heterocycles.